The van der Waals surface area contributed by atoms with Crippen molar-refractivity contribution in [2.75, 3.05) is 33.4 Å². The van der Waals surface area contributed by atoms with Gasteiger partial charge in [0.1, 0.15) is 18.2 Å². The van der Waals surface area contributed by atoms with Crippen molar-refractivity contribution in [3.63, 3.8) is 0 Å². The molecule has 6 nitrogen and oxygen atoms in total. The van der Waals surface area contributed by atoms with Crippen molar-refractivity contribution in [1.82, 2.24) is 9.80 Å². The number of piperidine rings is 1. The molecule has 2 aromatic rings. The van der Waals surface area contributed by atoms with E-state index in [2.05, 4.69) is 17.0 Å². The van der Waals surface area contributed by atoms with Crippen LogP contribution >= 0.6 is 0 Å². The third-order valence-electron chi connectivity index (χ3n) is 6.23. The first-order valence-electron chi connectivity index (χ1n) is 11.1. The average Bonchev–Trinajstić information content (AvgIpc) is 3.01. The zero-order chi connectivity index (χ0) is 22.5. The van der Waals surface area contributed by atoms with Crippen LogP contribution in [0.1, 0.15) is 29.5 Å². The maximum Gasteiger partial charge on any atom is 0.308 e. The summed E-state index contributed by atoms with van der Waals surface area (Å²) in [4.78, 5) is 28.7. The molecule has 0 N–H and O–H groups in total. The molecule has 0 bridgehead atoms. The van der Waals surface area contributed by atoms with Crippen molar-refractivity contribution >= 4 is 11.9 Å². The summed E-state index contributed by atoms with van der Waals surface area (Å²) in [6, 6.07) is 12.3. The van der Waals surface area contributed by atoms with Crippen molar-refractivity contribution in [2.24, 2.45) is 5.92 Å². The summed E-state index contributed by atoms with van der Waals surface area (Å²) >= 11 is 0. The monoisotopic (exact) mass is 440 g/mol. The molecular weight excluding hydrogens is 411 g/mol. The molecule has 170 valence electrons. The van der Waals surface area contributed by atoms with Crippen LogP contribution in [0.2, 0.25) is 0 Å². The lowest BCUT2D eigenvalue weighted by Crippen LogP contribution is -2.36. The molecule has 1 saturated heterocycles. The van der Waals surface area contributed by atoms with Gasteiger partial charge in [-0.15, -0.1) is 0 Å². The molecule has 2 aromatic carbocycles. The van der Waals surface area contributed by atoms with E-state index in [-0.39, 0.29) is 30.0 Å². The largest absolute Gasteiger partial charge is 0.491 e. The molecule has 32 heavy (non-hydrogen) atoms. The van der Waals surface area contributed by atoms with Gasteiger partial charge in [0.15, 0.2) is 0 Å². The number of carbonyl (C=O) groups is 2. The van der Waals surface area contributed by atoms with Crippen LogP contribution in [-0.2, 0) is 33.8 Å². The summed E-state index contributed by atoms with van der Waals surface area (Å²) < 4.78 is 24.2. The average molecular weight is 441 g/mol. The van der Waals surface area contributed by atoms with Gasteiger partial charge in [-0.25, -0.2) is 4.39 Å². The van der Waals surface area contributed by atoms with Crippen LogP contribution in [0.3, 0.4) is 0 Å². The lowest BCUT2D eigenvalue weighted by atomic mass is 9.96. The van der Waals surface area contributed by atoms with Gasteiger partial charge < -0.3 is 14.4 Å². The van der Waals surface area contributed by atoms with Gasteiger partial charge in [0.2, 0.25) is 5.91 Å². The van der Waals surface area contributed by atoms with E-state index in [1.165, 1.54) is 19.2 Å². The third-order valence-corrected chi connectivity index (χ3v) is 6.23. The number of methoxy groups -OCH3 is 1. The summed E-state index contributed by atoms with van der Waals surface area (Å²) in [5, 5.41) is 0. The number of halogens is 1. The highest BCUT2D eigenvalue weighted by Gasteiger charge is 2.26. The van der Waals surface area contributed by atoms with Crippen molar-refractivity contribution in [1.29, 1.82) is 0 Å². The number of ether oxygens (including phenoxy) is 2. The summed E-state index contributed by atoms with van der Waals surface area (Å²) in [7, 11) is 1.44. The Hall–Kier alpha value is -2.93. The van der Waals surface area contributed by atoms with Gasteiger partial charge in [0.05, 0.1) is 26.0 Å². The van der Waals surface area contributed by atoms with Crippen LogP contribution in [0.25, 0.3) is 0 Å². The fourth-order valence-electron chi connectivity index (χ4n) is 4.44. The zero-order valence-electron chi connectivity index (χ0n) is 18.4. The predicted molar refractivity (Wildman–Crippen MR) is 117 cm³/mol. The molecule has 0 unspecified atom stereocenters. The summed E-state index contributed by atoms with van der Waals surface area (Å²) in [6.07, 6.45) is 1.79. The molecule has 0 atom stereocenters. The molecule has 0 aliphatic carbocycles. The summed E-state index contributed by atoms with van der Waals surface area (Å²) in [5.41, 5.74) is 2.81. The molecule has 2 heterocycles. The minimum Gasteiger partial charge on any atom is -0.491 e. The Morgan fingerprint density at radius 3 is 2.66 bits per heavy atom. The minimum absolute atomic E-state index is 0.00523. The number of nitrogens with zero attached hydrogens (tertiary/aromatic N) is 2. The second-order valence-electron chi connectivity index (χ2n) is 8.49. The molecule has 1 fully saturated rings. The Morgan fingerprint density at radius 2 is 1.91 bits per heavy atom. The second kappa shape index (κ2) is 10.1. The number of rotatable bonds is 5. The smallest absolute Gasteiger partial charge is 0.308 e. The van der Waals surface area contributed by atoms with E-state index < -0.39 is 0 Å². The molecule has 0 spiro atoms. The normalized spacial score (nSPS) is 17.2. The number of fused-ring (bicyclic) bond motifs is 1. The lowest BCUT2D eigenvalue weighted by molar-refractivity contribution is -0.147. The lowest BCUT2D eigenvalue weighted by Gasteiger charge is -2.30. The molecule has 2 aliphatic rings. The van der Waals surface area contributed by atoms with Crippen LogP contribution in [0.4, 0.5) is 4.39 Å². The Balaban J connectivity index is 1.39. The standard InChI is InChI=1S/C25H29FN2O4/c1-31-25(30)20-7-9-27(10-8-20)16-19-5-6-23-21(13-19)17-28(11-12-32-23)24(29)15-18-3-2-4-22(26)14-18/h2-6,13-14,20H,7-12,15-17H2,1H3. The van der Waals surface area contributed by atoms with Gasteiger partial charge in [-0.05, 0) is 61.3 Å². The van der Waals surface area contributed by atoms with E-state index >= 15 is 0 Å². The quantitative estimate of drug-likeness (QED) is 0.669. The van der Waals surface area contributed by atoms with E-state index in [0.29, 0.717) is 25.3 Å². The van der Waals surface area contributed by atoms with Crippen LogP contribution in [0.15, 0.2) is 42.5 Å². The van der Waals surface area contributed by atoms with Crippen molar-refractivity contribution in [3.05, 3.63) is 65.0 Å². The van der Waals surface area contributed by atoms with Gasteiger partial charge in [0, 0.05) is 18.7 Å². The number of hydrogen-bond donors (Lipinski definition) is 0. The van der Waals surface area contributed by atoms with E-state index in [9.17, 15) is 14.0 Å². The fourth-order valence-corrected chi connectivity index (χ4v) is 4.44. The van der Waals surface area contributed by atoms with Crippen LogP contribution in [-0.4, -0.2) is 55.0 Å². The highest BCUT2D eigenvalue weighted by molar-refractivity contribution is 5.79. The number of esters is 1. The van der Waals surface area contributed by atoms with Gasteiger partial charge in [0.25, 0.3) is 0 Å². The maximum absolute atomic E-state index is 13.5. The predicted octanol–water partition coefficient (Wildman–Crippen LogP) is 3.17. The summed E-state index contributed by atoms with van der Waals surface area (Å²) in [6.45, 7) is 3.90. The highest BCUT2D eigenvalue weighted by Crippen LogP contribution is 2.27. The highest BCUT2D eigenvalue weighted by atomic mass is 19.1. The number of benzene rings is 2. The zero-order valence-corrected chi connectivity index (χ0v) is 18.4. The topological polar surface area (TPSA) is 59.1 Å². The molecule has 0 aromatic heterocycles. The van der Waals surface area contributed by atoms with Crippen LogP contribution < -0.4 is 4.74 Å². The molecule has 4 rings (SSSR count). The first-order chi connectivity index (χ1) is 15.5. The van der Waals surface area contributed by atoms with Crippen LogP contribution in [0, 0.1) is 11.7 Å². The van der Waals surface area contributed by atoms with E-state index in [4.69, 9.17) is 9.47 Å². The molecular formula is C25H29FN2O4. The first kappa shape index (κ1) is 22.3. The van der Waals surface area contributed by atoms with Gasteiger partial charge in [-0.2, -0.15) is 0 Å². The summed E-state index contributed by atoms with van der Waals surface area (Å²) in [5.74, 6) is 0.311. The maximum atomic E-state index is 13.5. The Labute approximate surface area is 187 Å². The number of carbonyl (C=O) groups excluding carboxylic acids is 2. The first-order valence-corrected chi connectivity index (χ1v) is 11.1. The number of amides is 1. The third kappa shape index (κ3) is 5.46. The van der Waals surface area contributed by atoms with Crippen molar-refractivity contribution in [2.45, 2.75) is 32.4 Å². The van der Waals surface area contributed by atoms with E-state index in [1.54, 1.807) is 17.0 Å². The van der Waals surface area contributed by atoms with Gasteiger partial charge in [-0.3, -0.25) is 14.5 Å². The fraction of sp³-hybridized carbons (Fsp3) is 0.440. The van der Waals surface area contributed by atoms with Crippen LogP contribution in [0.5, 0.6) is 5.75 Å². The molecule has 1 amide bonds. The van der Waals surface area contributed by atoms with Crippen molar-refractivity contribution < 1.29 is 23.5 Å². The van der Waals surface area contributed by atoms with E-state index in [1.807, 2.05) is 6.07 Å². The second-order valence-corrected chi connectivity index (χ2v) is 8.49. The van der Waals surface area contributed by atoms with Crippen molar-refractivity contribution in [3.8, 4) is 5.75 Å². The van der Waals surface area contributed by atoms with Gasteiger partial charge in [-0.1, -0.05) is 18.2 Å². The van der Waals surface area contributed by atoms with E-state index in [0.717, 1.165) is 49.4 Å². The molecule has 0 saturated carbocycles. The SMILES string of the molecule is COC(=O)C1CCN(Cc2ccc3c(c2)CN(C(=O)Cc2cccc(F)c2)CCO3)CC1. The number of hydrogen-bond acceptors (Lipinski definition) is 5. The molecule has 2 aliphatic heterocycles. The van der Waals surface area contributed by atoms with Gasteiger partial charge >= 0.3 is 5.97 Å². The Kier molecular flexibility index (Phi) is 7.05. The molecule has 0 radical (unpaired) electrons. The Morgan fingerprint density at radius 1 is 1.09 bits per heavy atom. The molecule has 7 heteroatoms. The number of likely N-dealkylation sites (tertiary alicyclic amines) is 1. The minimum atomic E-state index is -0.333. The Bertz CT molecular complexity index is 972.